The fourth-order valence-electron chi connectivity index (χ4n) is 3.19. The summed E-state index contributed by atoms with van der Waals surface area (Å²) in [4.78, 5) is 10.4. The summed E-state index contributed by atoms with van der Waals surface area (Å²) in [5.41, 5.74) is 4.71. The number of likely N-dealkylation sites (tertiary alicyclic amines) is 1. The van der Waals surface area contributed by atoms with Crippen molar-refractivity contribution < 1.29 is 0 Å². The number of aromatic amines is 1. The molecule has 1 aliphatic heterocycles. The van der Waals surface area contributed by atoms with Gasteiger partial charge in [-0.2, -0.15) is 0 Å². The smallest absolute Gasteiger partial charge is 0.0708 e. The van der Waals surface area contributed by atoms with Gasteiger partial charge in [0, 0.05) is 35.4 Å². The van der Waals surface area contributed by atoms with Crippen molar-refractivity contribution in [1.82, 2.24) is 14.9 Å². The summed E-state index contributed by atoms with van der Waals surface area (Å²) in [5, 5.41) is 1.23. The maximum Gasteiger partial charge on any atom is 0.0708 e. The van der Waals surface area contributed by atoms with Crippen LogP contribution >= 0.6 is 0 Å². The van der Waals surface area contributed by atoms with Gasteiger partial charge in [-0.05, 0) is 49.7 Å². The predicted octanol–water partition coefficient (Wildman–Crippen LogP) is 3.83. The molecule has 0 saturated carbocycles. The lowest BCUT2D eigenvalue weighted by atomic mass is 10.1. The van der Waals surface area contributed by atoms with E-state index in [0.29, 0.717) is 0 Å². The molecule has 4 rings (SSSR count). The van der Waals surface area contributed by atoms with Gasteiger partial charge in [0.25, 0.3) is 0 Å². The Morgan fingerprint density at radius 3 is 2.76 bits per heavy atom. The molecule has 0 bridgehead atoms. The maximum atomic E-state index is 4.68. The predicted molar refractivity (Wildman–Crippen MR) is 86.0 cm³/mol. The van der Waals surface area contributed by atoms with E-state index in [0.717, 1.165) is 17.8 Å². The van der Waals surface area contributed by atoms with Gasteiger partial charge in [-0.25, -0.2) is 0 Å². The lowest BCUT2D eigenvalue weighted by molar-refractivity contribution is 0.331. The molecule has 1 N–H and O–H groups in total. The third-order valence-corrected chi connectivity index (χ3v) is 4.30. The zero-order valence-corrected chi connectivity index (χ0v) is 12.0. The van der Waals surface area contributed by atoms with E-state index in [1.54, 1.807) is 0 Å². The van der Waals surface area contributed by atoms with Crippen LogP contribution in [0.15, 0.2) is 48.8 Å². The number of hydrogen-bond acceptors (Lipinski definition) is 2. The van der Waals surface area contributed by atoms with E-state index in [4.69, 9.17) is 0 Å². The molecule has 1 fully saturated rings. The molecule has 3 aromatic rings. The van der Waals surface area contributed by atoms with Crippen LogP contribution in [0.4, 0.5) is 0 Å². The standard InChI is InChI=1S/C18H19N3/c1-2-11-21(10-1)13-14-6-7-18(20-12-14)15-4-3-5-17-16(15)8-9-19-17/h3-9,12,19H,1-2,10-11,13H2. The molecule has 1 saturated heterocycles. The molecule has 3 heterocycles. The minimum Gasteiger partial charge on any atom is -0.361 e. The molecule has 106 valence electrons. The van der Waals surface area contributed by atoms with Gasteiger partial charge in [-0.1, -0.05) is 18.2 Å². The van der Waals surface area contributed by atoms with Crippen LogP contribution in [0.2, 0.25) is 0 Å². The first-order chi connectivity index (χ1) is 10.4. The summed E-state index contributed by atoms with van der Waals surface area (Å²) in [6.45, 7) is 3.48. The topological polar surface area (TPSA) is 31.9 Å². The molecule has 0 radical (unpaired) electrons. The largest absolute Gasteiger partial charge is 0.361 e. The van der Waals surface area contributed by atoms with Crippen LogP contribution in [-0.2, 0) is 6.54 Å². The summed E-state index contributed by atoms with van der Waals surface area (Å²) in [5.74, 6) is 0. The summed E-state index contributed by atoms with van der Waals surface area (Å²) < 4.78 is 0. The van der Waals surface area contributed by atoms with Crippen LogP contribution in [0.3, 0.4) is 0 Å². The summed E-state index contributed by atoms with van der Waals surface area (Å²) in [6.07, 6.45) is 6.68. The molecule has 0 amide bonds. The van der Waals surface area contributed by atoms with Crippen molar-refractivity contribution in [3.8, 4) is 11.3 Å². The zero-order chi connectivity index (χ0) is 14.1. The Bertz CT molecular complexity index is 737. The highest BCUT2D eigenvalue weighted by Gasteiger charge is 2.12. The number of aromatic nitrogens is 2. The highest BCUT2D eigenvalue weighted by atomic mass is 15.1. The van der Waals surface area contributed by atoms with E-state index in [1.807, 2.05) is 12.4 Å². The first-order valence-electron chi connectivity index (χ1n) is 7.64. The van der Waals surface area contributed by atoms with Crippen molar-refractivity contribution in [3.05, 3.63) is 54.4 Å². The number of benzene rings is 1. The Balaban J connectivity index is 1.62. The first kappa shape index (κ1) is 12.6. The lowest BCUT2D eigenvalue weighted by Crippen LogP contribution is -2.18. The van der Waals surface area contributed by atoms with E-state index in [-0.39, 0.29) is 0 Å². The van der Waals surface area contributed by atoms with Crippen molar-refractivity contribution >= 4 is 10.9 Å². The summed E-state index contributed by atoms with van der Waals surface area (Å²) >= 11 is 0. The Morgan fingerprint density at radius 2 is 1.95 bits per heavy atom. The van der Waals surface area contributed by atoms with Gasteiger partial charge in [0.1, 0.15) is 0 Å². The van der Waals surface area contributed by atoms with Gasteiger partial charge in [-0.15, -0.1) is 0 Å². The quantitative estimate of drug-likeness (QED) is 0.789. The Hall–Kier alpha value is -2.13. The highest BCUT2D eigenvalue weighted by molar-refractivity contribution is 5.94. The van der Waals surface area contributed by atoms with Gasteiger partial charge >= 0.3 is 0 Å². The van der Waals surface area contributed by atoms with Crippen molar-refractivity contribution in [2.75, 3.05) is 13.1 Å². The molecule has 1 aliphatic rings. The second-order valence-electron chi connectivity index (χ2n) is 5.78. The van der Waals surface area contributed by atoms with Crippen LogP contribution in [0.1, 0.15) is 18.4 Å². The molecular formula is C18H19N3. The first-order valence-corrected chi connectivity index (χ1v) is 7.64. The Kier molecular flexibility index (Phi) is 3.20. The van der Waals surface area contributed by atoms with Crippen molar-refractivity contribution in [1.29, 1.82) is 0 Å². The molecule has 0 atom stereocenters. The molecule has 3 nitrogen and oxygen atoms in total. The van der Waals surface area contributed by atoms with Crippen molar-refractivity contribution in [3.63, 3.8) is 0 Å². The van der Waals surface area contributed by atoms with E-state index in [2.05, 4.69) is 51.3 Å². The Labute approximate surface area is 124 Å². The van der Waals surface area contributed by atoms with E-state index < -0.39 is 0 Å². The number of nitrogens with zero attached hydrogens (tertiary/aromatic N) is 2. The summed E-state index contributed by atoms with van der Waals surface area (Å²) in [6, 6.07) is 12.8. The van der Waals surface area contributed by atoms with Crippen molar-refractivity contribution in [2.24, 2.45) is 0 Å². The molecule has 0 unspecified atom stereocenters. The van der Waals surface area contributed by atoms with Gasteiger partial charge < -0.3 is 4.98 Å². The maximum absolute atomic E-state index is 4.68. The molecule has 2 aromatic heterocycles. The number of H-pyrrole nitrogens is 1. The average Bonchev–Trinajstić information content (AvgIpc) is 3.18. The number of rotatable bonds is 3. The molecule has 3 heteroatoms. The summed E-state index contributed by atoms with van der Waals surface area (Å²) in [7, 11) is 0. The zero-order valence-electron chi connectivity index (χ0n) is 12.0. The van der Waals surface area contributed by atoms with Crippen LogP contribution in [-0.4, -0.2) is 28.0 Å². The molecule has 0 aliphatic carbocycles. The Morgan fingerprint density at radius 1 is 1.05 bits per heavy atom. The molecule has 1 aromatic carbocycles. The number of hydrogen-bond donors (Lipinski definition) is 1. The fraction of sp³-hybridized carbons (Fsp3) is 0.278. The van der Waals surface area contributed by atoms with Crippen LogP contribution in [0.25, 0.3) is 22.2 Å². The third kappa shape index (κ3) is 2.45. The van der Waals surface area contributed by atoms with E-state index in [1.165, 1.54) is 42.4 Å². The monoisotopic (exact) mass is 277 g/mol. The molecular weight excluding hydrogens is 258 g/mol. The van der Waals surface area contributed by atoms with Crippen LogP contribution < -0.4 is 0 Å². The normalized spacial score (nSPS) is 15.8. The van der Waals surface area contributed by atoms with Gasteiger partial charge in [0.05, 0.1) is 5.69 Å². The fourth-order valence-corrected chi connectivity index (χ4v) is 3.19. The molecule has 0 spiro atoms. The second kappa shape index (κ2) is 5.34. The number of nitrogens with one attached hydrogen (secondary N) is 1. The van der Waals surface area contributed by atoms with E-state index >= 15 is 0 Å². The van der Waals surface area contributed by atoms with Gasteiger partial charge in [0.2, 0.25) is 0 Å². The SMILES string of the molecule is c1cc(-c2ccc(CN3CCCC3)cn2)c2cc[nH]c2c1. The highest BCUT2D eigenvalue weighted by Crippen LogP contribution is 2.26. The van der Waals surface area contributed by atoms with Gasteiger partial charge in [-0.3, -0.25) is 9.88 Å². The van der Waals surface area contributed by atoms with Gasteiger partial charge in [0.15, 0.2) is 0 Å². The minimum absolute atomic E-state index is 1.03. The molecule has 21 heavy (non-hydrogen) atoms. The second-order valence-corrected chi connectivity index (χ2v) is 5.78. The minimum atomic E-state index is 1.03. The number of pyridine rings is 1. The van der Waals surface area contributed by atoms with Crippen molar-refractivity contribution in [2.45, 2.75) is 19.4 Å². The van der Waals surface area contributed by atoms with Crippen LogP contribution in [0, 0.1) is 0 Å². The van der Waals surface area contributed by atoms with E-state index in [9.17, 15) is 0 Å². The third-order valence-electron chi connectivity index (χ3n) is 4.30. The lowest BCUT2D eigenvalue weighted by Gasteiger charge is -2.14. The number of fused-ring (bicyclic) bond motifs is 1. The van der Waals surface area contributed by atoms with Crippen LogP contribution in [0.5, 0.6) is 0 Å². The average molecular weight is 277 g/mol.